The number of amides is 1. The topological polar surface area (TPSA) is 79.5 Å². The van der Waals surface area contributed by atoms with Crippen molar-refractivity contribution >= 4 is 12.4 Å². The van der Waals surface area contributed by atoms with Gasteiger partial charge in [0, 0.05) is 12.5 Å². The van der Waals surface area contributed by atoms with Crippen molar-refractivity contribution in [3.05, 3.63) is 23.7 Å². The number of rotatable bonds is 14. The Morgan fingerprint density at radius 1 is 1.12 bits per heavy atom. The first-order chi connectivity index (χ1) is 11.7. The smallest absolute Gasteiger partial charge is 0.404 e. The second kappa shape index (κ2) is 12.6. The highest BCUT2D eigenvalue weighted by molar-refractivity contribution is 5.70. The van der Waals surface area contributed by atoms with Crippen molar-refractivity contribution in [1.29, 1.82) is 0 Å². The molecule has 0 aliphatic rings. The van der Waals surface area contributed by atoms with Gasteiger partial charge >= 0.3 is 6.09 Å². The SMILES string of the molecule is CCCCCCCCCCCC(Cc1ccc(C=O)o1)NC(=O)O. The van der Waals surface area contributed by atoms with Crippen LogP contribution in [0.5, 0.6) is 0 Å². The Bertz CT molecular complexity index is 470. The van der Waals surface area contributed by atoms with Gasteiger partial charge in [-0.1, -0.05) is 64.7 Å². The molecule has 0 saturated carbocycles. The lowest BCUT2D eigenvalue weighted by Gasteiger charge is -2.15. The van der Waals surface area contributed by atoms with Crippen molar-refractivity contribution in [3.8, 4) is 0 Å². The minimum Gasteiger partial charge on any atom is -0.465 e. The number of furan rings is 1. The van der Waals surface area contributed by atoms with E-state index < -0.39 is 6.09 Å². The molecule has 24 heavy (non-hydrogen) atoms. The molecule has 2 N–H and O–H groups in total. The van der Waals surface area contributed by atoms with Crippen LogP contribution in [0, 0.1) is 0 Å². The van der Waals surface area contributed by atoms with Crippen molar-refractivity contribution in [2.24, 2.45) is 0 Å². The fraction of sp³-hybridized carbons (Fsp3) is 0.684. The number of carbonyl (C=O) groups excluding carboxylic acids is 1. The maximum absolute atomic E-state index is 10.9. The largest absolute Gasteiger partial charge is 0.465 e. The summed E-state index contributed by atoms with van der Waals surface area (Å²) in [6.07, 6.45) is 12.1. The van der Waals surface area contributed by atoms with E-state index in [9.17, 15) is 9.59 Å². The van der Waals surface area contributed by atoms with Gasteiger partial charge in [0.2, 0.25) is 0 Å². The molecule has 1 amide bonds. The number of nitrogens with one attached hydrogen (secondary N) is 1. The maximum atomic E-state index is 10.9. The zero-order valence-corrected chi connectivity index (χ0v) is 14.8. The van der Waals surface area contributed by atoms with Crippen LogP contribution in [0.1, 0.15) is 87.4 Å². The van der Waals surface area contributed by atoms with E-state index >= 15 is 0 Å². The summed E-state index contributed by atoms with van der Waals surface area (Å²) in [5.41, 5.74) is 0. The molecule has 5 heteroatoms. The molecule has 0 aliphatic carbocycles. The molecule has 0 aromatic carbocycles. The average molecular weight is 337 g/mol. The average Bonchev–Trinajstić information content (AvgIpc) is 3.00. The third-order valence-corrected chi connectivity index (χ3v) is 4.23. The molecule has 1 aromatic heterocycles. The van der Waals surface area contributed by atoms with Crippen LogP contribution in [0.3, 0.4) is 0 Å². The first-order valence-corrected chi connectivity index (χ1v) is 9.19. The predicted molar refractivity (Wildman–Crippen MR) is 94.6 cm³/mol. The summed E-state index contributed by atoms with van der Waals surface area (Å²) in [5.74, 6) is 0.925. The molecule has 5 nitrogen and oxygen atoms in total. The summed E-state index contributed by atoms with van der Waals surface area (Å²) in [7, 11) is 0. The molecule has 0 saturated heterocycles. The summed E-state index contributed by atoms with van der Waals surface area (Å²) < 4.78 is 5.34. The second-order valence-electron chi connectivity index (χ2n) is 6.39. The first kappa shape index (κ1) is 20.3. The summed E-state index contributed by atoms with van der Waals surface area (Å²) in [5, 5.41) is 11.5. The highest BCUT2D eigenvalue weighted by Crippen LogP contribution is 2.15. The van der Waals surface area contributed by atoms with Crippen molar-refractivity contribution in [3.63, 3.8) is 0 Å². The highest BCUT2D eigenvalue weighted by Gasteiger charge is 2.14. The van der Waals surface area contributed by atoms with Gasteiger partial charge in [0.1, 0.15) is 5.76 Å². The summed E-state index contributed by atoms with van der Waals surface area (Å²) in [6.45, 7) is 2.23. The Labute approximate surface area is 144 Å². The maximum Gasteiger partial charge on any atom is 0.404 e. The molecule has 1 aromatic rings. The lowest BCUT2D eigenvalue weighted by atomic mass is 10.0. The fourth-order valence-corrected chi connectivity index (χ4v) is 2.91. The van der Waals surface area contributed by atoms with Crippen LogP contribution in [-0.4, -0.2) is 23.5 Å². The molecule has 1 unspecified atom stereocenters. The molecule has 1 atom stereocenters. The van der Waals surface area contributed by atoms with Gasteiger partial charge in [-0.25, -0.2) is 4.79 Å². The molecule has 0 spiro atoms. The lowest BCUT2D eigenvalue weighted by molar-refractivity contribution is 0.109. The van der Waals surface area contributed by atoms with E-state index in [0.29, 0.717) is 18.5 Å². The van der Waals surface area contributed by atoms with Crippen molar-refractivity contribution in [2.45, 2.75) is 83.6 Å². The molecular formula is C19H31NO4. The Morgan fingerprint density at radius 3 is 2.29 bits per heavy atom. The lowest BCUT2D eigenvalue weighted by Crippen LogP contribution is -2.35. The second-order valence-corrected chi connectivity index (χ2v) is 6.39. The van der Waals surface area contributed by atoms with E-state index in [1.54, 1.807) is 12.1 Å². The van der Waals surface area contributed by atoms with Gasteiger partial charge in [-0.15, -0.1) is 0 Å². The molecular weight excluding hydrogens is 306 g/mol. The standard InChI is InChI=1S/C19H31NO4/c1-2-3-4-5-6-7-8-9-10-11-16(20-19(22)23)14-17-12-13-18(15-21)24-17/h12-13,15-16,20H,2-11,14H2,1H3,(H,22,23). The minimum absolute atomic E-state index is 0.169. The molecule has 136 valence electrons. The Hall–Kier alpha value is -1.78. The van der Waals surface area contributed by atoms with E-state index in [1.165, 1.54) is 44.9 Å². The van der Waals surface area contributed by atoms with Gasteiger partial charge < -0.3 is 14.8 Å². The van der Waals surface area contributed by atoms with Crippen LogP contribution in [0.4, 0.5) is 4.79 Å². The quantitative estimate of drug-likeness (QED) is 0.361. The highest BCUT2D eigenvalue weighted by atomic mass is 16.4. The van der Waals surface area contributed by atoms with Crippen LogP contribution in [0.2, 0.25) is 0 Å². The van der Waals surface area contributed by atoms with E-state index in [1.807, 2.05) is 0 Å². The normalized spacial score (nSPS) is 12.0. The van der Waals surface area contributed by atoms with Gasteiger partial charge in [-0.2, -0.15) is 0 Å². The van der Waals surface area contributed by atoms with Crippen LogP contribution in [-0.2, 0) is 6.42 Å². The molecule has 1 heterocycles. The number of carboxylic acid groups (broad SMARTS) is 1. The van der Waals surface area contributed by atoms with Crippen LogP contribution >= 0.6 is 0 Å². The zero-order valence-electron chi connectivity index (χ0n) is 14.8. The van der Waals surface area contributed by atoms with Gasteiger partial charge in [0.25, 0.3) is 0 Å². The first-order valence-electron chi connectivity index (χ1n) is 9.19. The number of carbonyl (C=O) groups is 2. The van der Waals surface area contributed by atoms with Crippen molar-refractivity contribution < 1.29 is 19.1 Å². The van der Waals surface area contributed by atoms with Gasteiger partial charge in [0.05, 0.1) is 0 Å². The minimum atomic E-state index is -1.02. The number of hydrogen-bond acceptors (Lipinski definition) is 3. The van der Waals surface area contributed by atoms with Gasteiger partial charge in [-0.05, 0) is 18.6 Å². The Kier molecular flexibility index (Phi) is 10.7. The monoisotopic (exact) mass is 337 g/mol. The Morgan fingerprint density at radius 2 is 1.75 bits per heavy atom. The van der Waals surface area contributed by atoms with E-state index in [4.69, 9.17) is 9.52 Å². The van der Waals surface area contributed by atoms with Crippen molar-refractivity contribution in [2.75, 3.05) is 0 Å². The third kappa shape index (κ3) is 9.38. The van der Waals surface area contributed by atoms with E-state index in [-0.39, 0.29) is 11.8 Å². The summed E-state index contributed by atoms with van der Waals surface area (Å²) in [6, 6.07) is 3.17. The summed E-state index contributed by atoms with van der Waals surface area (Å²) >= 11 is 0. The fourth-order valence-electron chi connectivity index (χ4n) is 2.91. The molecule has 0 bridgehead atoms. The van der Waals surface area contributed by atoms with Crippen LogP contribution in [0.15, 0.2) is 16.5 Å². The Balaban J connectivity index is 2.20. The van der Waals surface area contributed by atoms with Crippen LogP contribution < -0.4 is 5.32 Å². The number of aldehydes is 1. The van der Waals surface area contributed by atoms with Gasteiger partial charge in [0.15, 0.2) is 12.0 Å². The third-order valence-electron chi connectivity index (χ3n) is 4.23. The molecule has 0 fully saturated rings. The van der Waals surface area contributed by atoms with Gasteiger partial charge in [-0.3, -0.25) is 4.79 Å². The zero-order chi connectivity index (χ0) is 17.6. The molecule has 0 aliphatic heterocycles. The molecule has 1 rings (SSSR count). The predicted octanol–water partition coefficient (Wildman–Crippen LogP) is 5.19. The van der Waals surface area contributed by atoms with E-state index in [0.717, 1.165) is 19.3 Å². The summed E-state index contributed by atoms with van der Waals surface area (Å²) in [4.78, 5) is 21.6. The van der Waals surface area contributed by atoms with Crippen LogP contribution in [0.25, 0.3) is 0 Å². The molecule has 0 radical (unpaired) electrons. The van der Waals surface area contributed by atoms with Crippen molar-refractivity contribution in [1.82, 2.24) is 5.32 Å². The van der Waals surface area contributed by atoms with E-state index in [2.05, 4.69) is 12.2 Å². The number of unbranched alkanes of at least 4 members (excludes halogenated alkanes) is 8. The number of hydrogen-bond donors (Lipinski definition) is 2.